The molecule has 5 heteroatoms. The summed E-state index contributed by atoms with van der Waals surface area (Å²) in [6.07, 6.45) is 0. The van der Waals surface area contributed by atoms with E-state index < -0.39 is 18.0 Å². The normalized spacial score (nSPS) is 11.9. The van der Waals surface area contributed by atoms with E-state index in [1.54, 1.807) is 12.1 Å². The minimum atomic E-state index is -1.12. The molecule has 0 bridgehead atoms. The van der Waals surface area contributed by atoms with Crippen molar-refractivity contribution in [3.63, 3.8) is 0 Å². The highest BCUT2D eigenvalue weighted by atomic mass is 16.5. The van der Waals surface area contributed by atoms with Gasteiger partial charge in [-0.1, -0.05) is 18.2 Å². The summed E-state index contributed by atoms with van der Waals surface area (Å²) < 4.78 is 4.44. The molecular formula is C10H11NO4. The molecule has 0 saturated carbocycles. The van der Waals surface area contributed by atoms with Gasteiger partial charge in [0.1, 0.15) is 6.04 Å². The van der Waals surface area contributed by atoms with Crippen molar-refractivity contribution in [3.05, 3.63) is 35.4 Å². The van der Waals surface area contributed by atoms with E-state index in [2.05, 4.69) is 4.74 Å². The Bertz CT molecular complexity index is 389. The molecular weight excluding hydrogens is 198 g/mol. The van der Waals surface area contributed by atoms with Gasteiger partial charge in [0.2, 0.25) is 0 Å². The number of benzene rings is 1. The van der Waals surface area contributed by atoms with Gasteiger partial charge in [-0.2, -0.15) is 0 Å². The number of ether oxygens (including phenoxy) is 1. The third kappa shape index (κ3) is 2.32. The first-order chi connectivity index (χ1) is 7.07. The van der Waals surface area contributed by atoms with Gasteiger partial charge < -0.3 is 15.6 Å². The Morgan fingerprint density at radius 2 is 2.00 bits per heavy atom. The topological polar surface area (TPSA) is 89.6 Å². The molecule has 0 heterocycles. The van der Waals surface area contributed by atoms with Gasteiger partial charge in [-0.25, -0.2) is 4.79 Å². The molecule has 3 N–H and O–H groups in total. The lowest BCUT2D eigenvalue weighted by atomic mass is 10.0. The average Bonchev–Trinajstić information content (AvgIpc) is 2.27. The number of aromatic carboxylic acids is 1. The second kappa shape index (κ2) is 4.56. The molecule has 1 atom stereocenters. The molecule has 1 rings (SSSR count). The van der Waals surface area contributed by atoms with Gasteiger partial charge in [-0.05, 0) is 11.6 Å². The maximum atomic E-state index is 11.1. The van der Waals surface area contributed by atoms with Crippen LogP contribution < -0.4 is 5.73 Å². The lowest BCUT2D eigenvalue weighted by Crippen LogP contribution is -2.24. The van der Waals surface area contributed by atoms with E-state index in [0.717, 1.165) is 0 Å². The Hall–Kier alpha value is -1.88. The minimum Gasteiger partial charge on any atom is -0.478 e. The summed E-state index contributed by atoms with van der Waals surface area (Å²) in [5.41, 5.74) is 5.81. The first kappa shape index (κ1) is 11.2. The lowest BCUT2D eigenvalue weighted by molar-refractivity contribution is -0.142. The Morgan fingerprint density at radius 3 is 2.53 bits per heavy atom. The molecule has 0 spiro atoms. The number of rotatable bonds is 3. The minimum absolute atomic E-state index is 0.00963. The Morgan fingerprint density at radius 1 is 1.40 bits per heavy atom. The number of hydrogen-bond donors (Lipinski definition) is 2. The maximum Gasteiger partial charge on any atom is 0.336 e. The number of carbonyl (C=O) groups excluding carboxylic acids is 1. The number of hydrogen-bond acceptors (Lipinski definition) is 4. The largest absolute Gasteiger partial charge is 0.478 e. The van der Waals surface area contributed by atoms with Crippen molar-refractivity contribution in [1.82, 2.24) is 0 Å². The molecule has 0 aliphatic rings. The van der Waals surface area contributed by atoms with Crippen molar-refractivity contribution in [3.8, 4) is 0 Å². The molecule has 80 valence electrons. The summed E-state index contributed by atoms with van der Waals surface area (Å²) in [4.78, 5) is 22.0. The third-order valence-corrected chi connectivity index (χ3v) is 1.98. The van der Waals surface area contributed by atoms with Crippen LogP contribution in [-0.2, 0) is 9.53 Å². The number of esters is 1. The number of carboxylic acids is 1. The van der Waals surface area contributed by atoms with Crippen molar-refractivity contribution >= 4 is 11.9 Å². The molecule has 0 radical (unpaired) electrons. The second-order valence-electron chi connectivity index (χ2n) is 2.89. The van der Waals surface area contributed by atoms with Crippen LogP contribution in [0.4, 0.5) is 0 Å². The molecule has 0 aromatic heterocycles. The smallest absolute Gasteiger partial charge is 0.336 e. The third-order valence-electron chi connectivity index (χ3n) is 1.98. The molecule has 1 aromatic rings. The van der Waals surface area contributed by atoms with Crippen LogP contribution in [0.3, 0.4) is 0 Å². The summed E-state index contributed by atoms with van der Waals surface area (Å²) in [6, 6.07) is 5.00. The predicted molar refractivity (Wildman–Crippen MR) is 52.3 cm³/mol. The molecule has 0 saturated heterocycles. The van der Waals surface area contributed by atoms with Gasteiger partial charge in [0.25, 0.3) is 0 Å². The summed E-state index contributed by atoms with van der Waals surface area (Å²) in [5.74, 6) is -1.78. The number of carboxylic acid groups (broad SMARTS) is 1. The first-order valence-corrected chi connectivity index (χ1v) is 4.23. The fraction of sp³-hybridized carbons (Fsp3) is 0.200. The van der Waals surface area contributed by atoms with Crippen LogP contribution in [-0.4, -0.2) is 24.2 Å². The van der Waals surface area contributed by atoms with Crippen LogP contribution in [0.2, 0.25) is 0 Å². The second-order valence-corrected chi connectivity index (χ2v) is 2.89. The Kier molecular flexibility index (Phi) is 3.41. The zero-order valence-electron chi connectivity index (χ0n) is 8.14. The van der Waals surface area contributed by atoms with Gasteiger partial charge in [0.15, 0.2) is 0 Å². The van der Waals surface area contributed by atoms with Gasteiger partial charge in [0.05, 0.1) is 12.7 Å². The van der Waals surface area contributed by atoms with Crippen molar-refractivity contribution in [2.45, 2.75) is 6.04 Å². The van der Waals surface area contributed by atoms with Crippen LogP contribution >= 0.6 is 0 Å². The Labute approximate surface area is 86.5 Å². The van der Waals surface area contributed by atoms with Crippen molar-refractivity contribution < 1.29 is 19.4 Å². The SMILES string of the molecule is COC(=O)[C@@H](N)c1ccccc1C(=O)O. The molecule has 0 aliphatic carbocycles. The lowest BCUT2D eigenvalue weighted by Gasteiger charge is -2.11. The monoisotopic (exact) mass is 209 g/mol. The van der Waals surface area contributed by atoms with Crippen LogP contribution in [0.1, 0.15) is 22.0 Å². The highest BCUT2D eigenvalue weighted by molar-refractivity contribution is 5.92. The van der Waals surface area contributed by atoms with Gasteiger partial charge >= 0.3 is 11.9 Å². The van der Waals surface area contributed by atoms with E-state index in [9.17, 15) is 9.59 Å². The van der Waals surface area contributed by atoms with Crippen molar-refractivity contribution in [2.75, 3.05) is 7.11 Å². The summed E-state index contributed by atoms with van der Waals surface area (Å²) in [6.45, 7) is 0. The zero-order valence-corrected chi connectivity index (χ0v) is 8.14. The van der Waals surface area contributed by atoms with Crippen LogP contribution in [0, 0.1) is 0 Å². The molecule has 15 heavy (non-hydrogen) atoms. The van der Waals surface area contributed by atoms with Gasteiger partial charge in [-0.15, -0.1) is 0 Å². The van der Waals surface area contributed by atoms with E-state index >= 15 is 0 Å². The molecule has 0 fully saturated rings. The Balaban J connectivity index is 3.13. The summed E-state index contributed by atoms with van der Waals surface area (Å²) in [7, 11) is 1.20. The standard InChI is InChI=1S/C10H11NO4/c1-15-10(14)8(11)6-4-2-3-5-7(6)9(12)13/h2-5,8H,11H2,1H3,(H,12,13)/t8-/m0/s1. The van der Waals surface area contributed by atoms with Gasteiger partial charge in [-0.3, -0.25) is 4.79 Å². The number of nitrogens with two attached hydrogens (primary N) is 1. The van der Waals surface area contributed by atoms with Crippen LogP contribution in [0.15, 0.2) is 24.3 Å². The molecule has 1 aromatic carbocycles. The summed E-state index contributed by atoms with van der Waals surface area (Å²) in [5, 5.41) is 8.86. The summed E-state index contributed by atoms with van der Waals surface area (Å²) >= 11 is 0. The fourth-order valence-corrected chi connectivity index (χ4v) is 1.22. The highest BCUT2D eigenvalue weighted by Gasteiger charge is 2.21. The molecule has 0 aliphatic heterocycles. The molecule has 0 amide bonds. The van der Waals surface area contributed by atoms with Crippen molar-refractivity contribution in [1.29, 1.82) is 0 Å². The van der Waals surface area contributed by atoms with Crippen LogP contribution in [0.5, 0.6) is 0 Å². The highest BCUT2D eigenvalue weighted by Crippen LogP contribution is 2.17. The van der Waals surface area contributed by atoms with Crippen molar-refractivity contribution in [2.24, 2.45) is 5.73 Å². The molecule has 0 unspecified atom stereocenters. The van der Waals surface area contributed by atoms with E-state index in [4.69, 9.17) is 10.8 Å². The fourth-order valence-electron chi connectivity index (χ4n) is 1.22. The number of carbonyl (C=O) groups is 2. The quantitative estimate of drug-likeness (QED) is 0.710. The van der Waals surface area contributed by atoms with E-state index in [-0.39, 0.29) is 11.1 Å². The average molecular weight is 209 g/mol. The molecule has 5 nitrogen and oxygen atoms in total. The van der Waals surface area contributed by atoms with E-state index in [0.29, 0.717) is 0 Å². The zero-order chi connectivity index (χ0) is 11.4. The van der Waals surface area contributed by atoms with Crippen LogP contribution in [0.25, 0.3) is 0 Å². The van der Waals surface area contributed by atoms with E-state index in [1.807, 2.05) is 0 Å². The first-order valence-electron chi connectivity index (χ1n) is 4.23. The van der Waals surface area contributed by atoms with Gasteiger partial charge in [0, 0.05) is 0 Å². The predicted octanol–water partition coefficient (Wildman–Crippen LogP) is 0.558. The number of methoxy groups -OCH3 is 1. The van der Waals surface area contributed by atoms with E-state index in [1.165, 1.54) is 19.2 Å². The maximum absolute atomic E-state index is 11.1.